The lowest BCUT2D eigenvalue weighted by Gasteiger charge is -2.22. The van der Waals surface area contributed by atoms with Crippen LogP contribution in [0.3, 0.4) is 0 Å². The third-order valence-electron chi connectivity index (χ3n) is 3.74. The second kappa shape index (κ2) is 6.92. The highest BCUT2D eigenvalue weighted by molar-refractivity contribution is 6.01. The molecule has 4 heteroatoms. The van der Waals surface area contributed by atoms with E-state index in [0.29, 0.717) is 6.54 Å². The number of likely N-dealkylation sites (N-methyl/N-ethyl adjacent to an activating group) is 1. The van der Waals surface area contributed by atoms with Crippen molar-refractivity contribution in [3.05, 3.63) is 66.9 Å². The van der Waals surface area contributed by atoms with E-state index in [2.05, 4.69) is 10.3 Å². The van der Waals surface area contributed by atoms with Gasteiger partial charge in [-0.05, 0) is 31.2 Å². The summed E-state index contributed by atoms with van der Waals surface area (Å²) in [6.07, 6.45) is 1.74. The number of fused-ring (bicyclic) bond motifs is 1. The van der Waals surface area contributed by atoms with Crippen LogP contribution in [0.25, 0.3) is 10.9 Å². The number of anilines is 2. The van der Waals surface area contributed by atoms with Gasteiger partial charge in [-0.25, -0.2) is 0 Å². The van der Waals surface area contributed by atoms with Gasteiger partial charge in [-0.3, -0.25) is 9.78 Å². The van der Waals surface area contributed by atoms with E-state index in [1.165, 1.54) is 0 Å². The lowest BCUT2D eigenvalue weighted by atomic mass is 10.2. The maximum Gasteiger partial charge on any atom is 0.243 e. The number of rotatable bonds is 5. The molecule has 0 atom stereocenters. The van der Waals surface area contributed by atoms with Gasteiger partial charge < -0.3 is 10.2 Å². The zero-order chi connectivity index (χ0) is 16.1. The van der Waals surface area contributed by atoms with Crippen LogP contribution in [0.4, 0.5) is 11.4 Å². The zero-order valence-electron chi connectivity index (χ0n) is 13.1. The number of nitrogens with one attached hydrogen (secondary N) is 1. The number of nitrogens with zero attached hydrogens (tertiary/aromatic N) is 2. The molecular formula is C19H19N3O. The molecule has 1 amide bonds. The molecule has 4 nitrogen and oxygen atoms in total. The Kier molecular flexibility index (Phi) is 4.52. The molecule has 0 unspecified atom stereocenters. The molecular weight excluding hydrogens is 286 g/mol. The Bertz CT molecular complexity index is 797. The highest BCUT2D eigenvalue weighted by Gasteiger charge is 2.11. The molecule has 0 saturated carbocycles. The van der Waals surface area contributed by atoms with Crippen LogP contribution < -0.4 is 10.2 Å². The summed E-state index contributed by atoms with van der Waals surface area (Å²) in [5, 5.41) is 3.99. The van der Waals surface area contributed by atoms with Crippen molar-refractivity contribution < 1.29 is 4.79 Å². The number of hydrogen-bond acceptors (Lipinski definition) is 3. The van der Waals surface area contributed by atoms with Gasteiger partial charge in [-0.1, -0.05) is 36.4 Å². The molecule has 23 heavy (non-hydrogen) atoms. The van der Waals surface area contributed by atoms with E-state index in [4.69, 9.17) is 0 Å². The monoisotopic (exact) mass is 305 g/mol. The van der Waals surface area contributed by atoms with Gasteiger partial charge >= 0.3 is 0 Å². The molecule has 0 bridgehead atoms. The Morgan fingerprint density at radius 1 is 1.04 bits per heavy atom. The summed E-state index contributed by atoms with van der Waals surface area (Å²) in [5.74, 6) is -0.0474. The lowest BCUT2D eigenvalue weighted by molar-refractivity contribution is -0.115. The maximum atomic E-state index is 12.4. The summed E-state index contributed by atoms with van der Waals surface area (Å²) < 4.78 is 0. The van der Waals surface area contributed by atoms with Crippen molar-refractivity contribution in [2.24, 2.45) is 0 Å². The topological polar surface area (TPSA) is 45.2 Å². The largest absolute Gasteiger partial charge is 0.362 e. The average Bonchev–Trinajstić information content (AvgIpc) is 2.61. The number of hydrogen-bond donors (Lipinski definition) is 1. The summed E-state index contributed by atoms with van der Waals surface area (Å²) in [6.45, 7) is 3.12. The Labute approximate surface area is 135 Å². The molecule has 0 fully saturated rings. The van der Waals surface area contributed by atoms with Crippen LogP contribution in [0.15, 0.2) is 66.9 Å². The highest BCUT2D eigenvalue weighted by Crippen LogP contribution is 2.21. The van der Waals surface area contributed by atoms with Crippen molar-refractivity contribution in [2.45, 2.75) is 6.92 Å². The zero-order valence-corrected chi connectivity index (χ0v) is 13.1. The van der Waals surface area contributed by atoms with E-state index in [1.807, 2.05) is 72.5 Å². The van der Waals surface area contributed by atoms with Gasteiger partial charge in [-0.2, -0.15) is 0 Å². The van der Waals surface area contributed by atoms with Gasteiger partial charge in [0.1, 0.15) is 0 Å². The summed E-state index contributed by atoms with van der Waals surface area (Å²) in [4.78, 5) is 18.8. The predicted molar refractivity (Wildman–Crippen MR) is 94.7 cm³/mol. The van der Waals surface area contributed by atoms with Gasteiger partial charge in [0.05, 0.1) is 17.7 Å². The van der Waals surface area contributed by atoms with Crippen LogP contribution in [0.2, 0.25) is 0 Å². The first-order valence-corrected chi connectivity index (χ1v) is 7.71. The summed E-state index contributed by atoms with van der Waals surface area (Å²) >= 11 is 0. The molecule has 0 spiro atoms. The van der Waals surface area contributed by atoms with Crippen LogP contribution in [0.5, 0.6) is 0 Å². The highest BCUT2D eigenvalue weighted by atomic mass is 16.2. The van der Waals surface area contributed by atoms with E-state index in [1.54, 1.807) is 6.20 Å². The van der Waals surface area contributed by atoms with Crippen molar-refractivity contribution in [2.75, 3.05) is 23.3 Å². The van der Waals surface area contributed by atoms with Gasteiger partial charge in [0.25, 0.3) is 0 Å². The average molecular weight is 305 g/mol. The van der Waals surface area contributed by atoms with Gasteiger partial charge in [-0.15, -0.1) is 0 Å². The fraction of sp³-hybridized carbons (Fsp3) is 0.158. The first kappa shape index (κ1) is 15.0. The Balaban J connectivity index is 1.76. The third-order valence-corrected chi connectivity index (χ3v) is 3.74. The number of pyridine rings is 1. The minimum Gasteiger partial charge on any atom is -0.362 e. The molecule has 0 radical (unpaired) electrons. The Morgan fingerprint density at radius 3 is 2.61 bits per heavy atom. The Hall–Kier alpha value is -2.88. The lowest BCUT2D eigenvalue weighted by Crippen LogP contribution is -2.33. The molecule has 1 N–H and O–H groups in total. The smallest absolute Gasteiger partial charge is 0.243 e. The van der Waals surface area contributed by atoms with E-state index >= 15 is 0 Å². The number of carbonyl (C=O) groups excluding carboxylic acids is 1. The number of carbonyl (C=O) groups is 1. The molecule has 3 rings (SSSR count). The fourth-order valence-electron chi connectivity index (χ4n) is 2.59. The van der Waals surface area contributed by atoms with Crippen molar-refractivity contribution in [3.63, 3.8) is 0 Å². The molecule has 2 aromatic carbocycles. The van der Waals surface area contributed by atoms with E-state index < -0.39 is 0 Å². The van der Waals surface area contributed by atoms with Gasteiger partial charge in [0, 0.05) is 23.8 Å². The van der Waals surface area contributed by atoms with Crippen LogP contribution in [0.1, 0.15) is 6.92 Å². The van der Waals surface area contributed by atoms with E-state index in [-0.39, 0.29) is 5.91 Å². The number of benzene rings is 2. The SMILES string of the molecule is CCN(CC(=O)Nc1cccc2cccnc12)c1ccccc1. The van der Waals surface area contributed by atoms with Crippen LogP contribution in [-0.4, -0.2) is 24.0 Å². The second-order valence-corrected chi connectivity index (χ2v) is 5.28. The van der Waals surface area contributed by atoms with Crippen molar-refractivity contribution in [3.8, 4) is 0 Å². The van der Waals surface area contributed by atoms with Gasteiger partial charge in [0.2, 0.25) is 5.91 Å². The maximum absolute atomic E-state index is 12.4. The van der Waals surface area contributed by atoms with E-state index in [9.17, 15) is 4.79 Å². The second-order valence-electron chi connectivity index (χ2n) is 5.28. The van der Waals surface area contributed by atoms with Crippen molar-refractivity contribution in [1.29, 1.82) is 0 Å². The quantitative estimate of drug-likeness (QED) is 0.782. The molecule has 3 aromatic rings. The fourth-order valence-corrected chi connectivity index (χ4v) is 2.59. The molecule has 0 saturated heterocycles. The van der Waals surface area contributed by atoms with Crippen molar-refractivity contribution in [1.82, 2.24) is 4.98 Å². The van der Waals surface area contributed by atoms with E-state index in [0.717, 1.165) is 28.8 Å². The van der Waals surface area contributed by atoms with Gasteiger partial charge in [0.15, 0.2) is 0 Å². The molecule has 1 aromatic heterocycles. The standard InChI is InChI=1S/C19H19N3O/c1-2-22(16-10-4-3-5-11-16)14-18(23)21-17-12-6-8-15-9-7-13-20-19(15)17/h3-13H,2,14H2,1H3,(H,21,23). The molecule has 0 aliphatic heterocycles. The molecule has 0 aliphatic carbocycles. The van der Waals surface area contributed by atoms with Crippen LogP contribution in [-0.2, 0) is 4.79 Å². The first-order chi connectivity index (χ1) is 11.3. The number of aromatic nitrogens is 1. The number of amides is 1. The molecule has 116 valence electrons. The van der Waals surface area contributed by atoms with Crippen LogP contribution >= 0.6 is 0 Å². The third kappa shape index (κ3) is 3.48. The first-order valence-electron chi connectivity index (χ1n) is 7.71. The summed E-state index contributed by atoms with van der Waals surface area (Å²) in [6, 6.07) is 19.6. The molecule has 1 heterocycles. The molecule has 0 aliphatic rings. The predicted octanol–water partition coefficient (Wildman–Crippen LogP) is 3.70. The Morgan fingerprint density at radius 2 is 1.83 bits per heavy atom. The summed E-state index contributed by atoms with van der Waals surface area (Å²) in [7, 11) is 0. The number of para-hydroxylation sites is 2. The normalized spacial score (nSPS) is 10.5. The van der Waals surface area contributed by atoms with Crippen molar-refractivity contribution >= 4 is 28.2 Å². The summed E-state index contributed by atoms with van der Waals surface area (Å²) in [5.41, 5.74) is 2.60. The minimum atomic E-state index is -0.0474. The minimum absolute atomic E-state index is 0.0474. The van der Waals surface area contributed by atoms with Crippen LogP contribution in [0, 0.1) is 0 Å².